The topological polar surface area (TPSA) is 86.7 Å². The molecule has 31 heavy (non-hydrogen) atoms. The standard InChI is InChI=1S/C24H25ClN2O4/c1-13(2)12-24(23(30)31)19-18(20(26-24)15-10-8-14(3)9-11-15)21(28)27(22(19)29)17-7-5-4-6-16(17)25/h4-11,13,18-20,26H,12H2,1-3H3,(H,30,31). The van der Waals surface area contributed by atoms with Crippen LogP contribution in [-0.4, -0.2) is 28.4 Å². The summed E-state index contributed by atoms with van der Waals surface area (Å²) in [6, 6.07) is 13.6. The smallest absolute Gasteiger partial charge is 0.324 e. The summed E-state index contributed by atoms with van der Waals surface area (Å²) in [5.41, 5.74) is 0.586. The Kier molecular flexibility index (Phi) is 5.40. The number of nitrogens with one attached hydrogen (secondary N) is 1. The van der Waals surface area contributed by atoms with Gasteiger partial charge in [-0.05, 0) is 37.0 Å². The first-order valence-electron chi connectivity index (χ1n) is 10.4. The van der Waals surface area contributed by atoms with Crippen molar-refractivity contribution in [2.75, 3.05) is 4.90 Å². The number of carboxylic acid groups (broad SMARTS) is 1. The minimum absolute atomic E-state index is 0.00159. The minimum atomic E-state index is -1.54. The third-order valence-electron chi connectivity index (χ3n) is 6.30. The van der Waals surface area contributed by atoms with E-state index < -0.39 is 41.2 Å². The third kappa shape index (κ3) is 3.34. The molecule has 0 spiro atoms. The summed E-state index contributed by atoms with van der Waals surface area (Å²) >= 11 is 6.30. The average molecular weight is 441 g/mol. The summed E-state index contributed by atoms with van der Waals surface area (Å²) < 4.78 is 0. The van der Waals surface area contributed by atoms with Gasteiger partial charge in [0.1, 0.15) is 5.54 Å². The summed E-state index contributed by atoms with van der Waals surface area (Å²) in [5.74, 6) is -3.92. The number of hydrogen-bond donors (Lipinski definition) is 2. The van der Waals surface area contributed by atoms with E-state index in [-0.39, 0.29) is 17.4 Å². The van der Waals surface area contributed by atoms with Gasteiger partial charge in [0.25, 0.3) is 0 Å². The first-order valence-corrected chi connectivity index (χ1v) is 10.7. The molecule has 0 saturated carbocycles. The van der Waals surface area contributed by atoms with Gasteiger partial charge >= 0.3 is 5.97 Å². The van der Waals surface area contributed by atoms with Crippen molar-refractivity contribution in [3.63, 3.8) is 0 Å². The van der Waals surface area contributed by atoms with Gasteiger partial charge in [-0.2, -0.15) is 0 Å². The Balaban J connectivity index is 1.88. The highest BCUT2D eigenvalue weighted by Crippen LogP contribution is 2.52. The number of rotatable bonds is 5. The molecule has 0 aliphatic carbocycles. The number of imide groups is 1. The minimum Gasteiger partial charge on any atom is -0.480 e. The molecule has 4 atom stereocenters. The predicted octanol–water partition coefficient (Wildman–Crippen LogP) is 3.97. The number of amides is 2. The molecule has 2 heterocycles. The van der Waals surface area contributed by atoms with Crippen LogP contribution in [-0.2, 0) is 14.4 Å². The lowest BCUT2D eigenvalue weighted by molar-refractivity contribution is -0.149. The van der Waals surface area contributed by atoms with Crippen LogP contribution in [0, 0.1) is 24.7 Å². The molecule has 0 radical (unpaired) electrons. The van der Waals surface area contributed by atoms with E-state index in [1.165, 1.54) is 0 Å². The molecule has 4 rings (SSSR count). The molecule has 2 saturated heterocycles. The zero-order valence-corrected chi connectivity index (χ0v) is 18.4. The van der Waals surface area contributed by atoms with Crippen LogP contribution >= 0.6 is 11.6 Å². The Labute approximate surface area is 186 Å². The van der Waals surface area contributed by atoms with Gasteiger partial charge in [0, 0.05) is 6.04 Å². The Bertz CT molecular complexity index is 1050. The Morgan fingerprint density at radius 1 is 1.13 bits per heavy atom. The summed E-state index contributed by atoms with van der Waals surface area (Å²) in [4.78, 5) is 40.9. The number of anilines is 1. The predicted molar refractivity (Wildman–Crippen MR) is 118 cm³/mol. The van der Waals surface area contributed by atoms with Crippen LogP contribution in [0.15, 0.2) is 48.5 Å². The van der Waals surface area contributed by atoms with Gasteiger partial charge in [-0.15, -0.1) is 0 Å². The molecule has 0 bridgehead atoms. The van der Waals surface area contributed by atoms with Gasteiger partial charge < -0.3 is 5.11 Å². The maximum absolute atomic E-state index is 13.6. The fourth-order valence-electron chi connectivity index (χ4n) is 5.05. The van der Waals surface area contributed by atoms with E-state index >= 15 is 0 Å². The first-order chi connectivity index (χ1) is 14.7. The zero-order chi connectivity index (χ0) is 22.5. The van der Waals surface area contributed by atoms with Gasteiger partial charge in [0.05, 0.1) is 22.5 Å². The number of halogens is 1. The monoisotopic (exact) mass is 440 g/mol. The second-order valence-corrected chi connectivity index (χ2v) is 9.28. The highest BCUT2D eigenvalue weighted by atomic mass is 35.5. The number of carbonyl (C=O) groups is 3. The van der Waals surface area contributed by atoms with Crippen molar-refractivity contribution in [3.05, 3.63) is 64.7 Å². The Morgan fingerprint density at radius 3 is 2.35 bits per heavy atom. The molecule has 7 heteroatoms. The fraction of sp³-hybridized carbons (Fsp3) is 0.375. The normalized spacial score (nSPS) is 27.8. The molecule has 0 aromatic heterocycles. The van der Waals surface area contributed by atoms with Crippen LogP contribution in [0.2, 0.25) is 5.02 Å². The van der Waals surface area contributed by atoms with Gasteiger partial charge in [-0.25, -0.2) is 4.90 Å². The van der Waals surface area contributed by atoms with E-state index in [1.807, 2.05) is 45.0 Å². The van der Waals surface area contributed by atoms with Crippen molar-refractivity contribution in [2.45, 2.75) is 38.8 Å². The van der Waals surface area contributed by atoms with Gasteiger partial charge in [-0.3, -0.25) is 19.7 Å². The van der Waals surface area contributed by atoms with Crippen LogP contribution in [0.5, 0.6) is 0 Å². The molecule has 162 valence electrons. The second kappa shape index (κ2) is 7.77. The molecule has 2 aromatic carbocycles. The average Bonchev–Trinajstić information content (AvgIpc) is 3.18. The lowest BCUT2D eigenvalue weighted by Crippen LogP contribution is -2.56. The number of aryl methyl sites for hydroxylation is 1. The molecular weight excluding hydrogens is 416 g/mol. The Hall–Kier alpha value is -2.70. The zero-order valence-electron chi connectivity index (χ0n) is 17.6. The van der Waals surface area contributed by atoms with Crippen molar-refractivity contribution < 1.29 is 19.5 Å². The summed E-state index contributed by atoms with van der Waals surface area (Å²) in [5, 5.41) is 13.8. The number of nitrogens with zero attached hydrogens (tertiary/aromatic N) is 1. The number of carbonyl (C=O) groups excluding carboxylic acids is 2. The quantitative estimate of drug-likeness (QED) is 0.687. The van der Waals surface area contributed by atoms with Crippen LogP contribution in [0.4, 0.5) is 5.69 Å². The van der Waals surface area contributed by atoms with Crippen molar-refractivity contribution >= 4 is 35.1 Å². The van der Waals surface area contributed by atoms with Gasteiger partial charge in [-0.1, -0.05) is 67.4 Å². The lowest BCUT2D eigenvalue weighted by Gasteiger charge is -2.32. The number of carboxylic acids is 1. The van der Waals surface area contributed by atoms with Crippen molar-refractivity contribution in [1.29, 1.82) is 0 Å². The maximum atomic E-state index is 13.6. The lowest BCUT2D eigenvalue weighted by atomic mass is 9.75. The van der Waals surface area contributed by atoms with Gasteiger partial charge in [0.2, 0.25) is 11.8 Å². The van der Waals surface area contributed by atoms with Gasteiger partial charge in [0.15, 0.2) is 0 Å². The molecule has 2 N–H and O–H groups in total. The molecule has 4 unspecified atom stereocenters. The highest BCUT2D eigenvalue weighted by molar-refractivity contribution is 6.36. The molecule has 6 nitrogen and oxygen atoms in total. The van der Waals surface area contributed by atoms with E-state index in [1.54, 1.807) is 24.3 Å². The largest absolute Gasteiger partial charge is 0.480 e. The fourth-order valence-corrected chi connectivity index (χ4v) is 5.27. The summed E-state index contributed by atoms with van der Waals surface area (Å²) in [6.07, 6.45) is 0.223. The molecule has 2 aliphatic heterocycles. The number of benzene rings is 2. The maximum Gasteiger partial charge on any atom is 0.324 e. The van der Waals surface area contributed by atoms with E-state index in [9.17, 15) is 19.5 Å². The SMILES string of the molecule is Cc1ccc(C2NC(CC(C)C)(C(=O)O)C3C(=O)N(c4ccccc4Cl)C(=O)C23)cc1. The molecule has 2 fully saturated rings. The van der Waals surface area contributed by atoms with E-state index in [4.69, 9.17) is 11.6 Å². The summed E-state index contributed by atoms with van der Waals surface area (Å²) in [6.45, 7) is 5.78. The second-order valence-electron chi connectivity index (χ2n) is 8.87. The highest BCUT2D eigenvalue weighted by Gasteiger charge is 2.68. The van der Waals surface area contributed by atoms with Crippen LogP contribution in [0.1, 0.15) is 37.4 Å². The number of aliphatic carboxylic acids is 1. The van der Waals surface area contributed by atoms with E-state index in [0.717, 1.165) is 16.0 Å². The number of hydrogen-bond acceptors (Lipinski definition) is 4. The molecule has 2 amide bonds. The molecule has 2 aromatic rings. The van der Waals surface area contributed by atoms with E-state index in [2.05, 4.69) is 5.32 Å². The summed E-state index contributed by atoms with van der Waals surface area (Å²) in [7, 11) is 0. The molecular formula is C24H25ClN2O4. The van der Waals surface area contributed by atoms with Crippen LogP contribution in [0.25, 0.3) is 0 Å². The van der Waals surface area contributed by atoms with Crippen molar-refractivity contribution in [3.8, 4) is 0 Å². The first kappa shape index (κ1) is 21.5. The molecule has 2 aliphatic rings. The Morgan fingerprint density at radius 2 is 1.77 bits per heavy atom. The van der Waals surface area contributed by atoms with Crippen molar-refractivity contribution in [1.82, 2.24) is 5.32 Å². The van der Waals surface area contributed by atoms with Crippen LogP contribution < -0.4 is 10.2 Å². The third-order valence-corrected chi connectivity index (χ3v) is 6.62. The van der Waals surface area contributed by atoms with E-state index in [0.29, 0.717) is 5.69 Å². The number of fused-ring (bicyclic) bond motifs is 1. The number of para-hydroxylation sites is 1. The van der Waals surface area contributed by atoms with Crippen LogP contribution in [0.3, 0.4) is 0 Å². The van der Waals surface area contributed by atoms with Crippen molar-refractivity contribution in [2.24, 2.45) is 17.8 Å².